The lowest BCUT2D eigenvalue weighted by atomic mass is 10.1. The molecule has 1 N–H and O–H groups in total. The molecule has 0 aliphatic carbocycles. The first-order valence-corrected chi connectivity index (χ1v) is 11.0. The molecule has 1 unspecified atom stereocenters. The van der Waals surface area contributed by atoms with Gasteiger partial charge in [-0.15, -0.1) is 0 Å². The van der Waals surface area contributed by atoms with Crippen LogP contribution in [0.4, 0.5) is 0 Å². The van der Waals surface area contributed by atoms with E-state index in [0.717, 1.165) is 23.4 Å². The molecule has 1 saturated heterocycles. The smallest absolute Gasteiger partial charge is 0.249 e. The molecule has 2 aromatic carbocycles. The van der Waals surface area contributed by atoms with Crippen LogP contribution in [0.15, 0.2) is 48.5 Å². The van der Waals surface area contributed by atoms with Crippen molar-refractivity contribution in [3.8, 4) is 5.75 Å². The van der Waals surface area contributed by atoms with Gasteiger partial charge in [0.2, 0.25) is 5.91 Å². The summed E-state index contributed by atoms with van der Waals surface area (Å²) < 4.78 is 11.0. The second-order valence-corrected chi connectivity index (χ2v) is 8.03. The van der Waals surface area contributed by atoms with E-state index < -0.39 is 6.10 Å². The van der Waals surface area contributed by atoms with Crippen LogP contribution >= 0.6 is 0 Å². The minimum atomic E-state index is -0.517. The van der Waals surface area contributed by atoms with E-state index in [2.05, 4.69) is 34.5 Å². The van der Waals surface area contributed by atoms with E-state index in [-0.39, 0.29) is 5.91 Å². The molecule has 5 heteroatoms. The maximum absolute atomic E-state index is 12.4. The highest BCUT2D eigenvalue weighted by Gasteiger charge is 2.14. The highest BCUT2D eigenvalue weighted by molar-refractivity contribution is 5.80. The molecule has 0 spiro atoms. The maximum Gasteiger partial charge on any atom is 0.249 e. The topological polar surface area (TPSA) is 50.8 Å². The summed E-state index contributed by atoms with van der Waals surface area (Å²) in [4.78, 5) is 15.0. The van der Waals surface area contributed by atoms with Gasteiger partial charge in [-0.1, -0.05) is 49.2 Å². The van der Waals surface area contributed by atoms with Crippen LogP contribution in [0.1, 0.15) is 49.3 Å². The molecule has 0 radical (unpaired) electrons. The van der Waals surface area contributed by atoms with E-state index in [0.29, 0.717) is 13.2 Å². The second kappa shape index (κ2) is 11.7. The number of amides is 1. The van der Waals surface area contributed by atoms with Crippen LogP contribution in [0.2, 0.25) is 0 Å². The third-order valence-corrected chi connectivity index (χ3v) is 5.57. The molecular formula is C25H34N2O3. The summed E-state index contributed by atoms with van der Waals surface area (Å²) in [5.74, 6) is 0.684. The van der Waals surface area contributed by atoms with Gasteiger partial charge in [0.15, 0.2) is 0 Å². The van der Waals surface area contributed by atoms with E-state index in [9.17, 15) is 4.79 Å². The number of carbonyl (C=O) groups excluding carboxylic acids is 1. The standard InChI is InChI=1S/C25H34N2O3/c1-20(30-19-23-11-8-12-24(16-23)29-2)25(28)26-17-21-9-7-10-22(15-21)18-27-13-5-3-4-6-14-27/h7-12,15-16,20H,3-6,13-14,17-19H2,1-2H3,(H,26,28). The first-order valence-electron chi connectivity index (χ1n) is 11.0. The Morgan fingerprint density at radius 3 is 2.47 bits per heavy atom. The number of methoxy groups -OCH3 is 1. The van der Waals surface area contributed by atoms with Gasteiger partial charge in [-0.05, 0) is 61.7 Å². The largest absolute Gasteiger partial charge is 0.497 e. The van der Waals surface area contributed by atoms with Gasteiger partial charge in [0.05, 0.1) is 13.7 Å². The molecule has 1 fully saturated rings. The molecule has 2 aromatic rings. The first-order chi connectivity index (χ1) is 14.6. The van der Waals surface area contributed by atoms with Crippen LogP contribution in [0.3, 0.4) is 0 Å². The monoisotopic (exact) mass is 410 g/mol. The van der Waals surface area contributed by atoms with Gasteiger partial charge < -0.3 is 14.8 Å². The minimum absolute atomic E-state index is 0.101. The molecule has 30 heavy (non-hydrogen) atoms. The van der Waals surface area contributed by atoms with Crippen LogP contribution in [0.5, 0.6) is 5.75 Å². The molecule has 3 rings (SSSR count). The predicted octanol–water partition coefficient (Wildman–Crippen LogP) is 4.29. The number of nitrogens with one attached hydrogen (secondary N) is 1. The summed E-state index contributed by atoms with van der Waals surface area (Å²) in [6, 6.07) is 16.2. The number of hydrogen-bond donors (Lipinski definition) is 1. The van der Waals surface area contributed by atoms with Crippen molar-refractivity contribution in [2.75, 3.05) is 20.2 Å². The number of hydrogen-bond acceptors (Lipinski definition) is 4. The van der Waals surface area contributed by atoms with E-state index in [1.54, 1.807) is 14.0 Å². The van der Waals surface area contributed by atoms with Gasteiger partial charge in [0.25, 0.3) is 0 Å². The molecule has 0 bridgehead atoms. The average Bonchev–Trinajstić information content (AvgIpc) is 3.05. The maximum atomic E-state index is 12.4. The molecule has 1 atom stereocenters. The molecule has 1 heterocycles. The highest BCUT2D eigenvalue weighted by atomic mass is 16.5. The van der Waals surface area contributed by atoms with Gasteiger partial charge in [-0.3, -0.25) is 9.69 Å². The van der Waals surface area contributed by atoms with Crippen molar-refractivity contribution in [3.63, 3.8) is 0 Å². The Labute approximate surface area is 180 Å². The third-order valence-electron chi connectivity index (χ3n) is 5.57. The van der Waals surface area contributed by atoms with Gasteiger partial charge in [0.1, 0.15) is 11.9 Å². The normalized spacial score (nSPS) is 15.9. The zero-order chi connectivity index (χ0) is 21.2. The van der Waals surface area contributed by atoms with Gasteiger partial charge in [0, 0.05) is 13.1 Å². The van der Waals surface area contributed by atoms with E-state index in [1.807, 2.05) is 24.3 Å². The van der Waals surface area contributed by atoms with Crippen molar-refractivity contribution in [2.45, 2.75) is 58.4 Å². The van der Waals surface area contributed by atoms with Crippen molar-refractivity contribution in [1.29, 1.82) is 0 Å². The van der Waals surface area contributed by atoms with Crippen LogP contribution in [-0.4, -0.2) is 37.1 Å². The molecule has 1 amide bonds. The summed E-state index contributed by atoms with van der Waals surface area (Å²) in [5, 5.41) is 3.00. The first kappa shape index (κ1) is 22.3. The van der Waals surface area contributed by atoms with Crippen molar-refractivity contribution < 1.29 is 14.3 Å². The van der Waals surface area contributed by atoms with Crippen LogP contribution < -0.4 is 10.1 Å². The van der Waals surface area contributed by atoms with Crippen LogP contribution in [-0.2, 0) is 29.2 Å². The number of ether oxygens (including phenoxy) is 2. The fourth-order valence-corrected chi connectivity index (χ4v) is 3.78. The Bertz CT molecular complexity index is 800. The number of nitrogens with zero attached hydrogens (tertiary/aromatic N) is 1. The number of benzene rings is 2. The number of carbonyl (C=O) groups is 1. The lowest BCUT2D eigenvalue weighted by Gasteiger charge is -2.20. The molecule has 1 aliphatic rings. The van der Waals surface area contributed by atoms with Crippen molar-refractivity contribution in [2.24, 2.45) is 0 Å². The van der Waals surface area contributed by atoms with E-state index in [4.69, 9.17) is 9.47 Å². The Kier molecular flexibility index (Phi) is 8.72. The fraction of sp³-hybridized carbons (Fsp3) is 0.480. The predicted molar refractivity (Wildman–Crippen MR) is 119 cm³/mol. The summed E-state index contributed by atoms with van der Waals surface area (Å²) in [7, 11) is 1.64. The van der Waals surface area contributed by atoms with E-state index in [1.165, 1.54) is 44.3 Å². The fourth-order valence-electron chi connectivity index (χ4n) is 3.78. The van der Waals surface area contributed by atoms with Gasteiger partial charge >= 0.3 is 0 Å². The van der Waals surface area contributed by atoms with Crippen molar-refractivity contribution in [1.82, 2.24) is 10.2 Å². The van der Waals surface area contributed by atoms with Crippen molar-refractivity contribution >= 4 is 5.91 Å². The summed E-state index contributed by atoms with van der Waals surface area (Å²) >= 11 is 0. The lowest BCUT2D eigenvalue weighted by Crippen LogP contribution is -2.34. The Hall–Kier alpha value is -2.37. The summed E-state index contributed by atoms with van der Waals surface area (Å²) in [5.41, 5.74) is 3.41. The molecule has 5 nitrogen and oxygen atoms in total. The van der Waals surface area contributed by atoms with Gasteiger partial charge in [-0.25, -0.2) is 0 Å². The zero-order valence-corrected chi connectivity index (χ0v) is 18.2. The molecule has 0 saturated carbocycles. The lowest BCUT2D eigenvalue weighted by molar-refractivity contribution is -0.132. The average molecular weight is 411 g/mol. The quantitative estimate of drug-likeness (QED) is 0.670. The highest BCUT2D eigenvalue weighted by Crippen LogP contribution is 2.15. The molecular weight excluding hydrogens is 376 g/mol. The number of rotatable bonds is 9. The Balaban J connectivity index is 1.45. The van der Waals surface area contributed by atoms with Gasteiger partial charge in [-0.2, -0.15) is 0 Å². The summed E-state index contributed by atoms with van der Waals surface area (Å²) in [6.45, 7) is 6.02. The summed E-state index contributed by atoms with van der Waals surface area (Å²) in [6.07, 6.45) is 4.77. The number of likely N-dealkylation sites (tertiary alicyclic amines) is 1. The molecule has 1 aliphatic heterocycles. The Morgan fingerprint density at radius 1 is 1.00 bits per heavy atom. The zero-order valence-electron chi connectivity index (χ0n) is 18.2. The van der Waals surface area contributed by atoms with Crippen molar-refractivity contribution in [3.05, 3.63) is 65.2 Å². The second-order valence-electron chi connectivity index (χ2n) is 8.03. The molecule has 162 valence electrons. The molecule has 0 aromatic heterocycles. The Morgan fingerprint density at radius 2 is 1.70 bits per heavy atom. The minimum Gasteiger partial charge on any atom is -0.497 e. The van der Waals surface area contributed by atoms with Crippen LogP contribution in [0.25, 0.3) is 0 Å². The third kappa shape index (κ3) is 7.15. The SMILES string of the molecule is COc1cccc(COC(C)C(=O)NCc2cccc(CN3CCCCCC3)c2)c1. The van der Waals surface area contributed by atoms with Crippen LogP contribution in [0, 0.1) is 0 Å². The van der Waals surface area contributed by atoms with E-state index >= 15 is 0 Å².